The number of anilines is 1. The number of rotatable bonds is 4. The minimum atomic E-state index is -0.718. The van der Waals surface area contributed by atoms with E-state index in [1.54, 1.807) is 0 Å². The Morgan fingerprint density at radius 1 is 1.26 bits per heavy atom. The summed E-state index contributed by atoms with van der Waals surface area (Å²) in [5, 5.41) is 0.0623. The predicted molar refractivity (Wildman–Crippen MR) is 120 cm³/mol. The first kappa shape index (κ1) is 22.0. The van der Waals surface area contributed by atoms with Crippen LogP contribution in [0.4, 0.5) is 10.1 Å². The summed E-state index contributed by atoms with van der Waals surface area (Å²) < 4.78 is 23.2. The van der Waals surface area contributed by atoms with E-state index in [1.165, 1.54) is 17.7 Å². The molecule has 0 radical (unpaired) electrons. The van der Waals surface area contributed by atoms with Crippen molar-refractivity contribution in [2.24, 2.45) is 17.1 Å². The van der Waals surface area contributed by atoms with Crippen LogP contribution in [0, 0.1) is 17.2 Å². The number of nitrogens with two attached hydrogens (primary N) is 2. The van der Waals surface area contributed by atoms with E-state index < -0.39 is 17.1 Å². The summed E-state index contributed by atoms with van der Waals surface area (Å²) >= 11 is 0. The van der Waals surface area contributed by atoms with E-state index in [0.717, 1.165) is 38.5 Å². The highest BCUT2D eigenvalue weighted by molar-refractivity contribution is 5.91. The lowest BCUT2D eigenvalue weighted by Gasteiger charge is -2.37. The van der Waals surface area contributed by atoms with Crippen LogP contribution in [0.2, 0.25) is 0 Å². The van der Waals surface area contributed by atoms with Gasteiger partial charge in [-0.25, -0.2) is 9.18 Å². The third-order valence-electron chi connectivity index (χ3n) is 7.41. The number of nitrogen functional groups attached to an aromatic ring is 1. The van der Waals surface area contributed by atoms with Crippen LogP contribution in [0.5, 0.6) is 5.75 Å². The van der Waals surface area contributed by atoms with Gasteiger partial charge < -0.3 is 21.2 Å². The van der Waals surface area contributed by atoms with E-state index in [-0.39, 0.29) is 35.0 Å². The largest absolute Gasteiger partial charge is 0.492 e. The van der Waals surface area contributed by atoms with Crippen molar-refractivity contribution in [2.45, 2.75) is 44.6 Å². The lowest BCUT2D eigenvalue weighted by Crippen LogP contribution is -2.44. The summed E-state index contributed by atoms with van der Waals surface area (Å²) in [6, 6.07) is 1.15. The molecule has 3 aliphatic rings. The molecule has 8 nitrogen and oxygen atoms in total. The van der Waals surface area contributed by atoms with E-state index in [0.29, 0.717) is 41.4 Å². The Kier molecular flexibility index (Phi) is 5.46. The zero-order valence-corrected chi connectivity index (χ0v) is 18.4. The van der Waals surface area contributed by atoms with E-state index in [1.807, 2.05) is 4.90 Å². The van der Waals surface area contributed by atoms with Crippen LogP contribution < -0.4 is 32.5 Å². The number of benzene rings is 1. The molecule has 2 unspecified atom stereocenters. The van der Waals surface area contributed by atoms with Gasteiger partial charge in [-0.05, 0) is 44.2 Å². The maximum absolute atomic E-state index is 15.5. The number of ether oxygens (including phenoxy) is 1. The van der Waals surface area contributed by atoms with Gasteiger partial charge in [0.1, 0.15) is 11.2 Å². The third-order valence-corrected chi connectivity index (χ3v) is 7.41. The average molecular weight is 454 g/mol. The molecule has 2 aliphatic carbocycles. The molecule has 1 saturated heterocycles. The Morgan fingerprint density at radius 3 is 2.61 bits per heavy atom. The van der Waals surface area contributed by atoms with Crippen LogP contribution in [0.3, 0.4) is 0 Å². The van der Waals surface area contributed by atoms with E-state index in [4.69, 9.17) is 16.3 Å². The molecule has 1 aromatic heterocycles. The first-order valence-corrected chi connectivity index (χ1v) is 10.7. The zero-order chi connectivity index (χ0) is 21.2. The molecule has 3 fully saturated rings. The number of aromatic nitrogens is 2. The Labute approximate surface area is 185 Å². The minimum absolute atomic E-state index is 0. The summed E-state index contributed by atoms with van der Waals surface area (Å²) in [4.78, 5) is 27.5. The maximum atomic E-state index is 15.5. The Balaban J connectivity index is 0.00000231. The second-order valence-corrected chi connectivity index (χ2v) is 9.09. The predicted octanol–water partition coefficient (Wildman–Crippen LogP) is 1.74. The molecular formula is C21H29ClFN5O3. The molecule has 170 valence electrons. The molecule has 2 atom stereocenters. The van der Waals surface area contributed by atoms with Crippen molar-refractivity contribution >= 4 is 29.0 Å². The highest BCUT2D eigenvalue weighted by atomic mass is 35.5. The number of hydrogen-bond acceptors (Lipinski definition) is 6. The SMILES string of the molecule is COc1c(N2CC3CCCCC3(CN)C2)c(F)cc2c(=O)n(N)c(=O)n(C3CC3)c12.Cl. The third kappa shape index (κ3) is 3.12. The van der Waals surface area contributed by atoms with Crippen molar-refractivity contribution in [3.63, 3.8) is 0 Å². The van der Waals surface area contributed by atoms with Gasteiger partial charge in [0.15, 0.2) is 11.6 Å². The fourth-order valence-corrected chi connectivity index (χ4v) is 5.68. The van der Waals surface area contributed by atoms with Crippen molar-refractivity contribution in [2.75, 3.05) is 37.5 Å². The number of nitrogens with zero attached hydrogens (tertiary/aromatic N) is 3. The highest BCUT2D eigenvalue weighted by Crippen LogP contribution is 2.50. The molecule has 0 bridgehead atoms. The molecule has 0 amide bonds. The number of halogens is 2. The van der Waals surface area contributed by atoms with E-state index in [9.17, 15) is 9.59 Å². The monoisotopic (exact) mass is 453 g/mol. The Hall–Kier alpha value is -2.26. The Morgan fingerprint density at radius 2 is 2.00 bits per heavy atom. The number of methoxy groups -OCH3 is 1. The maximum Gasteiger partial charge on any atom is 0.350 e. The van der Waals surface area contributed by atoms with Gasteiger partial charge in [-0.1, -0.05) is 12.8 Å². The fraction of sp³-hybridized carbons (Fsp3) is 0.619. The van der Waals surface area contributed by atoms with Crippen LogP contribution in [0.1, 0.15) is 44.6 Å². The van der Waals surface area contributed by atoms with Crippen molar-refractivity contribution in [3.05, 3.63) is 32.7 Å². The van der Waals surface area contributed by atoms with Crippen molar-refractivity contribution in [3.8, 4) is 5.75 Å². The zero-order valence-electron chi connectivity index (χ0n) is 17.6. The van der Waals surface area contributed by atoms with Crippen LogP contribution in [0.15, 0.2) is 15.7 Å². The Bertz CT molecular complexity index is 1140. The first-order valence-electron chi connectivity index (χ1n) is 10.7. The first-order chi connectivity index (χ1) is 14.4. The van der Waals surface area contributed by atoms with Gasteiger partial charge >= 0.3 is 5.69 Å². The number of fused-ring (bicyclic) bond motifs is 2. The molecule has 1 aliphatic heterocycles. The standard InChI is InChI=1S/C21H28FN5O3.ClH/c1-30-18-16-14(19(28)27(24)20(29)26(16)13-5-6-13)8-15(22)17(18)25-9-12-4-2-3-7-21(12,10-23)11-25;/h8,12-13H,2-7,9-11,23-24H2,1H3;1H. The summed E-state index contributed by atoms with van der Waals surface area (Å²) in [6.07, 6.45) is 6.03. The minimum Gasteiger partial charge on any atom is -0.492 e. The van der Waals surface area contributed by atoms with Crippen LogP contribution in [-0.2, 0) is 0 Å². The molecule has 0 spiro atoms. The molecule has 5 rings (SSSR count). The second kappa shape index (κ2) is 7.70. The normalized spacial score (nSPS) is 25.4. The molecular weight excluding hydrogens is 425 g/mol. The highest BCUT2D eigenvalue weighted by Gasteiger charge is 2.48. The molecule has 2 heterocycles. The molecule has 10 heteroatoms. The van der Waals surface area contributed by atoms with Crippen LogP contribution in [-0.4, -0.2) is 36.0 Å². The van der Waals surface area contributed by atoms with Gasteiger partial charge in [0.2, 0.25) is 0 Å². The topological polar surface area (TPSA) is 109 Å². The van der Waals surface area contributed by atoms with E-state index in [2.05, 4.69) is 0 Å². The van der Waals surface area contributed by atoms with Crippen molar-refractivity contribution in [1.29, 1.82) is 0 Å². The lowest BCUT2D eigenvalue weighted by molar-refractivity contribution is 0.160. The molecule has 2 aromatic rings. The molecule has 31 heavy (non-hydrogen) atoms. The van der Waals surface area contributed by atoms with Gasteiger partial charge in [0.05, 0.1) is 12.5 Å². The van der Waals surface area contributed by atoms with Crippen molar-refractivity contribution < 1.29 is 9.13 Å². The van der Waals surface area contributed by atoms with Crippen LogP contribution >= 0.6 is 12.4 Å². The lowest BCUT2D eigenvalue weighted by atomic mass is 9.68. The second-order valence-electron chi connectivity index (χ2n) is 9.09. The smallest absolute Gasteiger partial charge is 0.350 e. The fourth-order valence-electron chi connectivity index (χ4n) is 5.68. The molecule has 2 saturated carbocycles. The van der Waals surface area contributed by atoms with E-state index >= 15 is 4.39 Å². The van der Waals surface area contributed by atoms with Gasteiger partial charge in [0, 0.05) is 24.5 Å². The van der Waals surface area contributed by atoms with Gasteiger partial charge in [-0.2, -0.15) is 4.68 Å². The molecule has 4 N–H and O–H groups in total. The summed E-state index contributed by atoms with van der Waals surface area (Å²) in [5.74, 6) is 5.81. The summed E-state index contributed by atoms with van der Waals surface area (Å²) in [7, 11) is 1.45. The molecule has 1 aromatic carbocycles. The quantitative estimate of drug-likeness (QED) is 0.682. The number of hydrogen-bond donors (Lipinski definition) is 2. The van der Waals surface area contributed by atoms with Crippen LogP contribution in [0.25, 0.3) is 10.9 Å². The van der Waals surface area contributed by atoms with Crippen molar-refractivity contribution in [1.82, 2.24) is 9.24 Å². The summed E-state index contributed by atoms with van der Waals surface area (Å²) in [5.41, 5.74) is 5.50. The van der Waals surface area contributed by atoms with Gasteiger partial charge in [-0.15, -0.1) is 12.4 Å². The van der Waals surface area contributed by atoms with Gasteiger partial charge in [0.25, 0.3) is 5.56 Å². The van der Waals surface area contributed by atoms with Gasteiger partial charge in [-0.3, -0.25) is 9.36 Å². The average Bonchev–Trinajstić information content (AvgIpc) is 3.50. The summed E-state index contributed by atoms with van der Waals surface area (Å²) in [6.45, 7) is 1.91.